The lowest BCUT2D eigenvalue weighted by molar-refractivity contribution is 0.679. The van der Waals surface area contributed by atoms with E-state index in [1.165, 1.54) is 12.8 Å². The Kier molecular flexibility index (Phi) is 3.33. The highest BCUT2D eigenvalue weighted by molar-refractivity contribution is 5.49. The molecular weight excluding hydrogens is 314 g/mol. The molecule has 4 heterocycles. The van der Waals surface area contributed by atoms with Gasteiger partial charge < -0.3 is 9.80 Å². The lowest BCUT2D eigenvalue weighted by atomic mass is 10.2. The molecule has 0 aromatic carbocycles. The van der Waals surface area contributed by atoms with E-state index in [1.807, 2.05) is 30.6 Å². The zero-order chi connectivity index (χ0) is 16.8. The standard InChI is InChI=1S/C18H21N7/c1-23(15-4-8-19-18(22-15)13-2-3-13)14-6-10-24(12-14)16-7-11-25-17(21-16)5-9-20-25/h4-5,7-9,11,13-14H,2-3,6,10,12H2,1H3. The molecule has 1 aliphatic heterocycles. The zero-order valence-corrected chi connectivity index (χ0v) is 14.3. The van der Waals surface area contributed by atoms with Gasteiger partial charge in [0.15, 0.2) is 5.65 Å². The number of anilines is 2. The van der Waals surface area contributed by atoms with Crippen LogP contribution in [0.3, 0.4) is 0 Å². The molecule has 5 rings (SSSR count). The van der Waals surface area contributed by atoms with Crippen LogP contribution < -0.4 is 9.80 Å². The Morgan fingerprint density at radius 1 is 1.08 bits per heavy atom. The minimum absolute atomic E-state index is 0.435. The average Bonchev–Trinajstić information content (AvgIpc) is 3.19. The van der Waals surface area contributed by atoms with Crippen LogP contribution in [-0.4, -0.2) is 50.7 Å². The molecule has 7 heteroatoms. The van der Waals surface area contributed by atoms with Crippen LogP contribution in [0.15, 0.2) is 36.8 Å². The molecule has 0 radical (unpaired) electrons. The number of nitrogens with zero attached hydrogens (tertiary/aromatic N) is 7. The van der Waals surface area contributed by atoms with Gasteiger partial charge in [-0.15, -0.1) is 0 Å². The summed E-state index contributed by atoms with van der Waals surface area (Å²) in [7, 11) is 2.14. The molecule has 3 aromatic rings. The van der Waals surface area contributed by atoms with E-state index in [-0.39, 0.29) is 0 Å². The van der Waals surface area contributed by atoms with Crippen molar-refractivity contribution in [3.05, 3.63) is 42.6 Å². The molecule has 1 saturated carbocycles. The molecule has 0 spiro atoms. The van der Waals surface area contributed by atoms with E-state index >= 15 is 0 Å². The Morgan fingerprint density at radius 3 is 2.88 bits per heavy atom. The Labute approximate surface area is 146 Å². The summed E-state index contributed by atoms with van der Waals surface area (Å²) in [5, 5.41) is 4.21. The summed E-state index contributed by atoms with van der Waals surface area (Å²) in [6.07, 6.45) is 9.21. The van der Waals surface area contributed by atoms with Crippen LogP contribution >= 0.6 is 0 Å². The van der Waals surface area contributed by atoms with Crippen LogP contribution in [0.25, 0.3) is 5.65 Å². The molecule has 3 aromatic heterocycles. The van der Waals surface area contributed by atoms with Gasteiger partial charge in [0.05, 0.1) is 6.20 Å². The van der Waals surface area contributed by atoms with E-state index in [1.54, 1.807) is 10.7 Å². The van der Waals surface area contributed by atoms with Gasteiger partial charge in [0.1, 0.15) is 17.5 Å². The lowest BCUT2D eigenvalue weighted by Crippen LogP contribution is -2.35. The van der Waals surface area contributed by atoms with Gasteiger partial charge in [0.25, 0.3) is 0 Å². The minimum Gasteiger partial charge on any atom is -0.355 e. The third-order valence-corrected chi connectivity index (χ3v) is 5.24. The van der Waals surface area contributed by atoms with E-state index in [0.29, 0.717) is 12.0 Å². The van der Waals surface area contributed by atoms with Crippen molar-refractivity contribution in [3.63, 3.8) is 0 Å². The van der Waals surface area contributed by atoms with Gasteiger partial charge >= 0.3 is 0 Å². The Morgan fingerprint density at radius 2 is 2.00 bits per heavy atom. The van der Waals surface area contributed by atoms with E-state index in [4.69, 9.17) is 9.97 Å². The first-order valence-electron chi connectivity index (χ1n) is 8.89. The number of rotatable bonds is 4. The third-order valence-electron chi connectivity index (χ3n) is 5.24. The van der Waals surface area contributed by atoms with Crippen molar-refractivity contribution in [3.8, 4) is 0 Å². The predicted molar refractivity (Wildman–Crippen MR) is 96.0 cm³/mol. The molecular formula is C18H21N7. The maximum Gasteiger partial charge on any atom is 0.157 e. The van der Waals surface area contributed by atoms with E-state index in [0.717, 1.165) is 42.6 Å². The maximum absolute atomic E-state index is 4.78. The lowest BCUT2D eigenvalue weighted by Gasteiger charge is -2.26. The highest BCUT2D eigenvalue weighted by atomic mass is 15.3. The summed E-state index contributed by atoms with van der Waals surface area (Å²) >= 11 is 0. The summed E-state index contributed by atoms with van der Waals surface area (Å²) < 4.78 is 1.80. The van der Waals surface area contributed by atoms with Gasteiger partial charge in [-0.05, 0) is 31.4 Å². The van der Waals surface area contributed by atoms with Crippen molar-refractivity contribution in [1.29, 1.82) is 0 Å². The molecule has 1 aliphatic carbocycles. The molecule has 1 unspecified atom stereocenters. The molecule has 128 valence electrons. The van der Waals surface area contributed by atoms with Crippen LogP contribution in [0.1, 0.15) is 31.0 Å². The van der Waals surface area contributed by atoms with E-state index in [2.05, 4.69) is 26.9 Å². The molecule has 0 amide bonds. The Balaban J connectivity index is 1.33. The SMILES string of the molecule is CN(c1ccnc(C2CC2)n1)C1CCN(c2ccn3nccc3n2)C1. The normalized spacial score (nSPS) is 20.4. The molecule has 7 nitrogen and oxygen atoms in total. The minimum atomic E-state index is 0.435. The van der Waals surface area contributed by atoms with Crippen LogP contribution in [-0.2, 0) is 0 Å². The van der Waals surface area contributed by atoms with Crippen LogP contribution in [0, 0.1) is 0 Å². The van der Waals surface area contributed by atoms with Crippen LogP contribution in [0.4, 0.5) is 11.6 Å². The zero-order valence-electron chi connectivity index (χ0n) is 14.3. The van der Waals surface area contributed by atoms with Crippen LogP contribution in [0.2, 0.25) is 0 Å². The fraction of sp³-hybridized carbons (Fsp3) is 0.444. The highest BCUT2D eigenvalue weighted by Crippen LogP contribution is 2.38. The van der Waals surface area contributed by atoms with Crippen molar-refractivity contribution in [2.75, 3.05) is 29.9 Å². The number of aromatic nitrogens is 5. The topological polar surface area (TPSA) is 62.5 Å². The Hall–Kier alpha value is -2.70. The van der Waals surface area contributed by atoms with Gasteiger partial charge in [-0.2, -0.15) is 5.10 Å². The molecule has 2 fully saturated rings. The van der Waals surface area contributed by atoms with Gasteiger partial charge in [-0.25, -0.2) is 19.5 Å². The number of hydrogen-bond donors (Lipinski definition) is 0. The van der Waals surface area contributed by atoms with Gasteiger partial charge in [0.2, 0.25) is 0 Å². The fourth-order valence-electron chi connectivity index (χ4n) is 3.53. The average molecular weight is 335 g/mol. The fourth-order valence-corrected chi connectivity index (χ4v) is 3.53. The summed E-state index contributed by atoms with van der Waals surface area (Å²) in [5.41, 5.74) is 0.888. The van der Waals surface area contributed by atoms with Crippen molar-refractivity contribution in [1.82, 2.24) is 24.6 Å². The molecule has 0 N–H and O–H groups in total. The summed E-state index contributed by atoms with van der Waals surface area (Å²) in [5.74, 6) is 3.64. The quantitative estimate of drug-likeness (QED) is 0.728. The summed E-state index contributed by atoms with van der Waals surface area (Å²) in [4.78, 5) is 18.6. The van der Waals surface area contributed by atoms with Crippen molar-refractivity contribution in [2.24, 2.45) is 0 Å². The smallest absolute Gasteiger partial charge is 0.157 e. The number of fused-ring (bicyclic) bond motifs is 1. The van der Waals surface area contributed by atoms with Crippen molar-refractivity contribution in [2.45, 2.75) is 31.2 Å². The molecule has 1 saturated heterocycles. The largest absolute Gasteiger partial charge is 0.355 e. The maximum atomic E-state index is 4.78. The first kappa shape index (κ1) is 14.6. The predicted octanol–water partition coefficient (Wildman–Crippen LogP) is 2.11. The van der Waals surface area contributed by atoms with Crippen molar-refractivity contribution >= 4 is 17.3 Å². The van der Waals surface area contributed by atoms with Gasteiger partial charge in [0, 0.05) is 50.6 Å². The van der Waals surface area contributed by atoms with E-state index < -0.39 is 0 Å². The first-order valence-corrected chi connectivity index (χ1v) is 8.89. The van der Waals surface area contributed by atoms with E-state index in [9.17, 15) is 0 Å². The summed E-state index contributed by atoms with van der Waals surface area (Å²) in [6.45, 7) is 1.96. The second kappa shape index (κ2) is 5.68. The second-order valence-electron chi connectivity index (χ2n) is 6.97. The second-order valence-corrected chi connectivity index (χ2v) is 6.97. The summed E-state index contributed by atoms with van der Waals surface area (Å²) in [6, 6.07) is 6.43. The highest BCUT2D eigenvalue weighted by Gasteiger charge is 2.30. The number of hydrogen-bond acceptors (Lipinski definition) is 6. The Bertz CT molecular complexity index is 901. The number of likely N-dealkylation sites (N-methyl/N-ethyl adjacent to an activating group) is 1. The molecule has 0 bridgehead atoms. The monoisotopic (exact) mass is 335 g/mol. The first-order chi connectivity index (χ1) is 12.3. The van der Waals surface area contributed by atoms with Crippen LogP contribution in [0.5, 0.6) is 0 Å². The molecule has 25 heavy (non-hydrogen) atoms. The molecule has 2 aliphatic rings. The van der Waals surface area contributed by atoms with Gasteiger partial charge in [-0.1, -0.05) is 0 Å². The van der Waals surface area contributed by atoms with Gasteiger partial charge in [-0.3, -0.25) is 0 Å². The van der Waals surface area contributed by atoms with Crippen molar-refractivity contribution < 1.29 is 0 Å². The third kappa shape index (κ3) is 2.69. The molecule has 1 atom stereocenters.